The summed E-state index contributed by atoms with van der Waals surface area (Å²) in [6.07, 6.45) is 4.13. The fourth-order valence-corrected chi connectivity index (χ4v) is 2.00. The van der Waals surface area contributed by atoms with E-state index < -0.39 is 0 Å². The van der Waals surface area contributed by atoms with Crippen LogP contribution in [0.4, 0.5) is 0 Å². The first-order valence-corrected chi connectivity index (χ1v) is 4.98. The Morgan fingerprint density at radius 3 is 3.08 bits per heavy atom. The van der Waals surface area contributed by atoms with Gasteiger partial charge >= 0.3 is 0 Å². The maximum atomic E-state index is 5.89. The summed E-state index contributed by atoms with van der Waals surface area (Å²) in [5.74, 6) is 0.533. The molecule has 1 aromatic heterocycles. The average Bonchev–Trinajstić information content (AvgIpc) is 2.46. The highest BCUT2D eigenvalue weighted by molar-refractivity contribution is 5.18. The number of nitrogens with zero attached hydrogens (tertiary/aromatic N) is 2. The Labute approximate surface area is 79.0 Å². The van der Waals surface area contributed by atoms with Gasteiger partial charge in [0.05, 0.1) is 12.0 Å². The van der Waals surface area contributed by atoms with E-state index in [1.54, 1.807) is 0 Å². The number of aromatic nitrogens is 2. The molecule has 1 atom stereocenters. The van der Waals surface area contributed by atoms with Gasteiger partial charge in [0.25, 0.3) is 0 Å². The van der Waals surface area contributed by atoms with E-state index in [0.29, 0.717) is 12.0 Å². The van der Waals surface area contributed by atoms with Crippen molar-refractivity contribution in [3.63, 3.8) is 0 Å². The Balaban J connectivity index is 2.33. The van der Waals surface area contributed by atoms with Gasteiger partial charge in [0.2, 0.25) is 0 Å². The minimum absolute atomic E-state index is 0.321. The smallest absolute Gasteiger partial charge is 0.0952 e. The first-order chi connectivity index (χ1) is 6.18. The van der Waals surface area contributed by atoms with Crippen LogP contribution in [0.3, 0.4) is 0 Å². The first kappa shape index (κ1) is 8.75. The lowest BCUT2D eigenvalue weighted by molar-refractivity contribution is 0.457. The molecule has 0 aliphatic carbocycles. The van der Waals surface area contributed by atoms with Crippen LogP contribution in [-0.4, -0.2) is 15.6 Å². The van der Waals surface area contributed by atoms with Crippen LogP contribution in [0.2, 0.25) is 0 Å². The molecule has 0 aromatic carbocycles. The van der Waals surface area contributed by atoms with Crippen molar-refractivity contribution < 1.29 is 0 Å². The molecule has 0 amide bonds. The summed E-state index contributed by atoms with van der Waals surface area (Å²) in [5.41, 5.74) is 8.54. The van der Waals surface area contributed by atoms with Crippen molar-refractivity contribution in [2.24, 2.45) is 5.73 Å². The van der Waals surface area contributed by atoms with E-state index in [2.05, 4.69) is 23.4 Å². The zero-order valence-electron chi connectivity index (χ0n) is 8.33. The van der Waals surface area contributed by atoms with Gasteiger partial charge in [-0.25, -0.2) is 4.98 Å². The van der Waals surface area contributed by atoms with Crippen LogP contribution < -0.4 is 5.73 Å². The van der Waals surface area contributed by atoms with Gasteiger partial charge in [0, 0.05) is 18.3 Å². The molecule has 1 unspecified atom stereocenters. The zero-order chi connectivity index (χ0) is 9.42. The molecule has 0 radical (unpaired) electrons. The lowest BCUT2D eigenvalue weighted by Crippen LogP contribution is -2.31. The molecule has 1 aliphatic rings. The summed E-state index contributed by atoms with van der Waals surface area (Å²) in [5, 5.41) is 0. The van der Waals surface area contributed by atoms with E-state index in [-0.39, 0.29) is 0 Å². The van der Waals surface area contributed by atoms with Crippen LogP contribution in [-0.2, 0) is 13.0 Å². The lowest BCUT2D eigenvalue weighted by atomic mass is 10.0. The third-order valence-electron chi connectivity index (χ3n) is 2.71. The quantitative estimate of drug-likeness (QED) is 0.705. The van der Waals surface area contributed by atoms with Gasteiger partial charge in [-0.3, -0.25) is 0 Å². The topological polar surface area (TPSA) is 43.8 Å². The molecule has 13 heavy (non-hydrogen) atoms. The SMILES string of the molecule is CC(C)c1ncn2c1CCC(N)C2. The molecular formula is C10H17N3. The summed E-state index contributed by atoms with van der Waals surface area (Å²) in [7, 11) is 0. The summed E-state index contributed by atoms with van der Waals surface area (Å²) in [6.45, 7) is 5.32. The molecule has 0 saturated heterocycles. The number of nitrogens with two attached hydrogens (primary N) is 1. The van der Waals surface area contributed by atoms with Gasteiger partial charge in [-0.2, -0.15) is 0 Å². The van der Waals surface area contributed by atoms with Crippen molar-refractivity contribution in [3.05, 3.63) is 17.7 Å². The van der Waals surface area contributed by atoms with Gasteiger partial charge in [-0.15, -0.1) is 0 Å². The summed E-state index contributed by atoms with van der Waals surface area (Å²) in [4.78, 5) is 4.44. The third-order valence-corrected chi connectivity index (χ3v) is 2.71. The van der Waals surface area contributed by atoms with Gasteiger partial charge in [-0.1, -0.05) is 13.8 Å². The normalized spacial score (nSPS) is 22.0. The highest BCUT2D eigenvalue weighted by Gasteiger charge is 2.20. The molecule has 0 fully saturated rings. The average molecular weight is 179 g/mol. The highest BCUT2D eigenvalue weighted by atomic mass is 15.1. The maximum Gasteiger partial charge on any atom is 0.0952 e. The van der Waals surface area contributed by atoms with Crippen LogP contribution in [0.25, 0.3) is 0 Å². The number of hydrogen-bond acceptors (Lipinski definition) is 2. The van der Waals surface area contributed by atoms with E-state index in [4.69, 9.17) is 5.73 Å². The highest BCUT2D eigenvalue weighted by Crippen LogP contribution is 2.22. The van der Waals surface area contributed by atoms with Gasteiger partial charge in [-0.05, 0) is 18.8 Å². The second-order valence-electron chi connectivity index (χ2n) is 4.18. The summed E-state index contributed by atoms with van der Waals surface area (Å²) in [6, 6.07) is 0.321. The Hall–Kier alpha value is -0.830. The summed E-state index contributed by atoms with van der Waals surface area (Å²) < 4.78 is 2.21. The lowest BCUT2D eigenvalue weighted by Gasteiger charge is -2.21. The van der Waals surface area contributed by atoms with Gasteiger partial charge in [0.15, 0.2) is 0 Å². The molecular weight excluding hydrogens is 162 g/mol. The minimum Gasteiger partial charge on any atom is -0.333 e. The van der Waals surface area contributed by atoms with E-state index in [0.717, 1.165) is 19.4 Å². The molecule has 0 saturated carbocycles. The molecule has 72 valence electrons. The molecule has 1 aliphatic heterocycles. The molecule has 0 bridgehead atoms. The summed E-state index contributed by atoms with van der Waals surface area (Å²) >= 11 is 0. The van der Waals surface area contributed by atoms with E-state index in [1.165, 1.54) is 11.4 Å². The Morgan fingerprint density at radius 1 is 1.62 bits per heavy atom. The largest absolute Gasteiger partial charge is 0.333 e. The van der Waals surface area contributed by atoms with Crippen molar-refractivity contribution in [2.45, 2.75) is 45.2 Å². The fraction of sp³-hybridized carbons (Fsp3) is 0.700. The van der Waals surface area contributed by atoms with Crippen LogP contribution in [0.5, 0.6) is 0 Å². The van der Waals surface area contributed by atoms with E-state index in [1.807, 2.05) is 6.33 Å². The number of rotatable bonds is 1. The van der Waals surface area contributed by atoms with E-state index >= 15 is 0 Å². The molecule has 1 aromatic rings. The molecule has 2 rings (SSSR count). The molecule has 3 nitrogen and oxygen atoms in total. The monoisotopic (exact) mass is 179 g/mol. The standard InChI is InChI=1S/C10H17N3/c1-7(2)10-9-4-3-8(11)5-13(9)6-12-10/h6-8H,3-5,11H2,1-2H3. The fourth-order valence-electron chi connectivity index (χ4n) is 2.00. The van der Waals surface area contributed by atoms with Crippen LogP contribution >= 0.6 is 0 Å². The van der Waals surface area contributed by atoms with Crippen molar-refractivity contribution >= 4 is 0 Å². The molecule has 3 heteroatoms. The maximum absolute atomic E-state index is 5.89. The second kappa shape index (κ2) is 3.14. The van der Waals surface area contributed by atoms with E-state index in [9.17, 15) is 0 Å². The molecule has 2 heterocycles. The molecule has 2 N–H and O–H groups in total. The second-order valence-corrected chi connectivity index (χ2v) is 4.18. The van der Waals surface area contributed by atoms with Crippen molar-refractivity contribution in [1.82, 2.24) is 9.55 Å². The van der Waals surface area contributed by atoms with Crippen molar-refractivity contribution in [2.75, 3.05) is 0 Å². The van der Waals surface area contributed by atoms with Crippen molar-refractivity contribution in [1.29, 1.82) is 0 Å². The van der Waals surface area contributed by atoms with Gasteiger partial charge < -0.3 is 10.3 Å². The number of imidazole rings is 1. The zero-order valence-corrected chi connectivity index (χ0v) is 8.33. The Kier molecular flexibility index (Phi) is 2.12. The van der Waals surface area contributed by atoms with Crippen molar-refractivity contribution in [3.8, 4) is 0 Å². The van der Waals surface area contributed by atoms with Crippen LogP contribution in [0.1, 0.15) is 37.6 Å². The molecule has 0 spiro atoms. The number of fused-ring (bicyclic) bond motifs is 1. The Morgan fingerprint density at radius 2 is 2.38 bits per heavy atom. The first-order valence-electron chi connectivity index (χ1n) is 4.98. The van der Waals surface area contributed by atoms with Gasteiger partial charge in [0.1, 0.15) is 0 Å². The predicted molar refractivity (Wildman–Crippen MR) is 52.6 cm³/mol. The minimum atomic E-state index is 0.321. The third kappa shape index (κ3) is 1.48. The van der Waals surface area contributed by atoms with Crippen LogP contribution in [0, 0.1) is 0 Å². The predicted octanol–water partition coefficient (Wildman–Crippen LogP) is 1.28. The number of hydrogen-bond donors (Lipinski definition) is 1. The Bertz CT molecular complexity index is 301. The van der Waals surface area contributed by atoms with Crippen LogP contribution in [0.15, 0.2) is 6.33 Å².